The Bertz CT molecular complexity index is 3720. The Morgan fingerprint density at radius 2 is 0.972 bits per heavy atom. The minimum absolute atomic E-state index is 0.411. The van der Waals surface area contributed by atoms with E-state index in [-0.39, 0.29) is 0 Å². The maximum absolute atomic E-state index is 2.51. The Labute approximate surface area is 421 Å². The summed E-state index contributed by atoms with van der Waals surface area (Å²) >= 11 is 1.95. The Hall–Kier alpha value is -8.17. The number of rotatable bonds is 8. The summed E-state index contributed by atoms with van der Waals surface area (Å²) in [6.45, 7) is 2.44. The van der Waals surface area contributed by atoms with E-state index in [1.165, 1.54) is 98.8 Å². The van der Waals surface area contributed by atoms with E-state index < -0.39 is 10.8 Å². The minimum atomic E-state index is -0.534. The number of anilines is 3. The first-order chi connectivity index (χ1) is 35.1. The third kappa shape index (κ3) is 6.27. The van der Waals surface area contributed by atoms with E-state index in [4.69, 9.17) is 0 Å². The zero-order valence-electron chi connectivity index (χ0n) is 39.5. The highest BCUT2D eigenvalue weighted by atomic mass is 32.2. The molecule has 1 heterocycles. The standard InChI is InChI=1S/C69H49NS/c1-68(48-22-8-3-9-23-48)62-34-19-30-54(46-20-6-2-7-21-46)66(62)60-43-41-52(44-63(60)68)70(51-38-36-47(37-39-51)55-31-18-32-59-58-29-15-17-35-65(58)71-67(55)59)53-40-42-57-56-28-14-16-33-61(56)69(64(57)45-53,49-24-10-4-11-25-49)50-26-12-5-13-27-50/h2-31,33-45,59H,32H2,1H3. The molecule has 1 aliphatic heterocycles. The van der Waals surface area contributed by atoms with Crippen LogP contribution in [0.15, 0.2) is 271 Å². The molecule has 0 amide bonds. The van der Waals surface area contributed by atoms with Gasteiger partial charge in [-0.25, -0.2) is 0 Å². The summed E-state index contributed by atoms with van der Waals surface area (Å²) in [6, 6.07) is 93.1. The van der Waals surface area contributed by atoms with Crippen LogP contribution in [0.2, 0.25) is 0 Å². The van der Waals surface area contributed by atoms with Crippen LogP contribution in [0.3, 0.4) is 0 Å². The molecule has 14 rings (SSSR count). The molecule has 71 heavy (non-hydrogen) atoms. The van der Waals surface area contributed by atoms with Crippen molar-refractivity contribution in [3.63, 3.8) is 0 Å². The van der Waals surface area contributed by atoms with E-state index in [1.807, 2.05) is 11.8 Å². The summed E-state index contributed by atoms with van der Waals surface area (Å²) in [5.74, 6) is 0.411. The lowest BCUT2D eigenvalue weighted by Crippen LogP contribution is -2.28. The van der Waals surface area contributed by atoms with Crippen LogP contribution in [-0.4, -0.2) is 0 Å². The van der Waals surface area contributed by atoms with Crippen LogP contribution in [0.1, 0.15) is 69.3 Å². The van der Waals surface area contributed by atoms with E-state index in [2.05, 4.69) is 273 Å². The van der Waals surface area contributed by atoms with Gasteiger partial charge < -0.3 is 4.90 Å². The van der Waals surface area contributed by atoms with Gasteiger partial charge in [0.25, 0.3) is 0 Å². The lowest BCUT2D eigenvalue weighted by atomic mass is 9.67. The van der Waals surface area contributed by atoms with Gasteiger partial charge in [0.1, 0.15) is 0 Å². The van der Waals surface area contributed by atoms with E-state index in [9.17, 15) is 0 Å². The lowest BCUT2D eigenvalue weighted by molar-refractivity contribution is 0.714. The molecule has 4 aliphatic rings. The van der Waals surface area contributed by atoms with Crippen LogP contribution < -0.4 is 4.90 Å². The molecule has 0 N–H and O–H groups in total. The highest BCUT2D eigenvalue weighted by Crippen LogP contribution is 2.60. The SMILES string of the molecule is CC1(c2ccccc2)c2cc(N(c3ccc(C4=C5Sc6ccccc6C5CC=C4)cc3)c3ccc4c(c3)C(c3ccccc3)(c3ccccc3)c3ccccc3-4)ccc2-c2c(-c3ccccc3)cccc21. The smallest absolute Gasteiger partial charge is 0.0714 e. The highest BCUT2D eigenvalue weighted by molar-refractivity contribution is 8.03. The van der Waals surface area contributed by atoms with Gasteiger partial charge in [0.05, 0.1) is 5.41 Å². The van der Waals surface area contributed by atoms with Crippen molar-refractivity contribution in [2.75, 3.05) is 4.90 Å². The Morgan fingerprint density at radius 3 is 1.69 bits per heavy atom. The van der Waals surface area contributed by atoms with Gasteiger partial charge in [-0.05, 0) is 145 Å². The van der Waals surface area contributed by atoms with Gasteiger partial charge in [0.2, 0.25) is 0 Å². The van der Waals surface area contributed by atoms with Gasteiger partial charge in [0.15, 0.2) is 0 Å². The van der Waals surface area contributed by atoms with Crippen LogP contribution >= 0.6 is 11.8 Å². The van der Waals surface area contributed by atoms with Crippen LogP contribution in [-0.2, 0) is 10.8 Å². The van der Waals surface area contributed by atoms with Crippen molar-refractivity contribution in [2.45, 2.75) is 35.0 Å². The molecule has 0 fully saturated rings. The molecule has 3 aliphatic carbocycles. The summed E-state index contributed by atoms with van der Waals surface area (Å²) in [4.78, 5) is 5.36. The van der Waals surface area contributed by atoms with Gasteiger partial charge >= 0.3 is 0 Å². The second kappa shape index (κ2) is 16.5. The topological polar surface area (TPSA) is 3.24 Å². The van der Waals surface area contributed by atoms with Crippen molar-refractivity contribution >= 4 is 34.4 Å². The lowest BCUT2D eigenvalue weighted by Gasteiger charge is -2.35. The fourth-order valence-electron chi connectivity index (χ4n) is 12.8. The molecule has 10 aromatic carbocycles. The van der Waals surface area contributed by atoms with Crippen molar-refractivity contribution in [3.8, 4) is 33.4 Å². The van der Waals surface area contributed by atoms with E-state index in [1.54, 1.807) is 0 Å². The molecule has 0 saturated carbocycles. The fourth-order valence-corrected chi connectivity index (χ4v) is 14.1. The predicted octanol–water partition coefficient (Wildman–Crippen LogP) is 18.1. The maximum atomic E-state index is 2.51. The van der Waals surface area contributed by atoms with Gasteiger partial charge in [-0.2, -0.15) is 0 Å². The average molecular weight is 924 g/mol. The average Bonchev–Trinajstić information content (AvgIpc) is 4.07. The van der Waals surface area contributed by atoms with E-state index >= 15 is 0 Å². The van der Waals surface area contributed by atoms with Crippen molar-refractivity contribution in [2.24, 2.45) is 0 Å². The zero-order chi connectivity index (χ0) is 47.1. The number of hydrogen-bond donors (Lipinski definition) is 0. The number of nitrogens with zero attached hydrogens (tertiary/aromatic N) is 1. The molecule has 0 bridgehead atoms. The molecule has 10 aromatic rings. The molecule has 2 heteroatoms. The molecule has 2 unspecified atom stereocenters. The Balaban J connectivity index is 0.994. The van der Waals surface area contributed by atoms with Crippen LogP contribution in [0.25, 0.3) is 39.0 Å². The summed E-state index contributed by atoms with van der Waals surface area (Å²) in [7, 11) is 0. The zero-order valence-corrected chi connectivity index (χ0v) is 40.3. The highest BCUT2D eigenvalue weighted by Gasteiger charge is 2.47. The number of allylic oxidation sites excluding steroid dienone is 4. The first-order valence-corrected chi connectivity index (χ1v) is 25.8. The predicted molar refractivity (Wildman–Crippen MR) is 297 cm³/mol. The Morgan fingerprint density at radius 1 is 0.423 bits per heavy atom. The number of fused-ring (bicyclic) bond motifs is 9. The first kappa shape index (κ1) is 41.8. The van der Waals surface area contributed by atoms with Gasteiger partial charge in [-0.1, -0.05) is 230 Å². The summed E-state index contributed by atoms with van der Waals surface area (Å²) in [6.07, 6.45) is 5.77. The summed E-state index contributed by atoms with van der Waals surface area (Å²) in [5, 5.41) is 0. The Kier molecular flexibility index (Phi) is 9.70. The third-order valence-electron chi connectivity index (χ3n) is 16.0. The van der Waals surface area contributed by atoms with E-state index in [0.29, 0.717) is 5.92 Å². The van der Waals surface area contributed by atoms with Gasteiger partial charge in [0, 0.05) is 38.2 Å². The second-order valence-electron chi connectivity index (χ2n) is 19.6. The van der Waals surface area contributed by atoms with E-state index in [0.717, 1.165) is 23.5 Å². The van der Waals surface area contributed by atoms with Crippen LogP contribution in [0.4, 0.5) is 17.1 Å². The molecule has 0 spiro atoms. The van der Waals surface area contributed by atoms with Crippen molar-refractivity contribution in [1.29, 1.82) is 0 Å². The largest absolute Gasteiger partial charge is 0.310 e. The normalized spacial score (nSPS) is 17.5. The first-order valence-electron chi connectivity index (χ1n) is 24.9. The molecule has 0 radical (unpaired) electrons. The summed E-state index contributed by atoms with van der Waals surface area (Å²) in [5.41, 5.74) is 23.1. The molecular weight excluding hydrogens is 875 g/mol. The van der Waals surface area contributed by atoms with Crippen LogP contribution in [0, 0.1) is 0 Å². The van der Waals surface area contributed by atoms with Gasteiger partial charge in [-0.15, -0.1) is 0 Å². The maximum Gasteiger partial charge on any atom is 0.0714 e. The number of hydrogen-bond acceptors (Lipinski definition) is 2. The van der Waals surface area contributed by atoms with Crippen LogP contribution in [0.5, 0.6) is 0 Å². The molecule has 2 atom stereocenters. The molecule has 0 saturated heterocycles. The molecule has 0 aromatic heterocycles. The molecule has 336 valence electrons. The number of benzene rings is 10. The summed E-state index contributed by atoms with van der Waals surface area (Å²) < 4.78 is 0. The second-order valence-corrected chi connectivity index (χ2v) is 20.6. The van der Waals surface area contributed by atoms with Crippen molar-refractivity contribution < 1.29 is 0 Å². The monoisotopic (exact) mass is 923 g/mol. The molecule has 1 nitrogen and oxygen atoms in total. The quantitative estimate of drug-likeness (QED) is 0.149. The third-order valence-corrected chi connectivity index (χ3v) is 17.3. The minimum Gasteiger partial charge on any atom is -0.310 e. The van der Waals surface area contributed by atoms with Gasteiger partial charge in [-0.3, -0.25) is 0 Å². The molecular formula is C69H49NS. The number of thioether (sulfide) groups is 1. The fraction of sp³-hybridized carbons (Fsp3) is 0.0725. The van der Waals surface area contributed by atoms with Crippen molar-refractivity contribution in [3.05, 3.63) is 316 Å². The van der Waals surface area contributed by atoms with Crippen molar-refractivity contribution in [1.82, 2.24) is 0 Å².